The quantitative estimate of drug-likeness (QED) is 0.879. The highest BCUT2D eigenvalue weighted by Gasteiger charge is 2.30. The zero-order valence-electron chi connectivity index (χ0n) is 14.0. The van der Waals surface area contributed by atoms with Gasteiger partial charge in [0.15, 0.2) is 5.69 Å². The number of aryl methyl sites for hydroxylation is 1. The monoisotopic (exact) mass is 325 g/mol. The van der Waals surface area contributed by atoms with Crippen LogP contribution < -0.4 is 5.32 Å². The Morgan fingerprint density at radius 3 is 2.92 bits per heavy atom. The van der Waals surface area contributed by atoms with Gasteiger partial charge in [0.1, 0.15) is 0 Å². The highest BCUT2D eigenvalue weighted by Crippen LogP contribution is 2.27. The van der Waals surface area contributed by atoms with Gasteiger partial charge in [-0.25, -0.2) is 4.68 Å². The Bertz CT molecular complexity index is 731. The number of likely N-dealkylation sites (tertiary alicyclic amines) is 1. The van der Waals surface area contributed by atoms with Gasteiger partial charge in [0.05, 0.1) is 12.2 Å². The molecule has 2 aromatic rings. The summed E-state index contributed by atoms with van der Waals surface area (Å²) in [4.78, 5) is 14.4. The molecule has 1 aliphatic carbocycles. The van der Waals surface area contributed by atoms with E-state index in [0.717, 1.165) is 26.2 Å². The molecule has 0 atom stereocenters. The van der Waals surface area contributed by atoms with Crippen molar-refractivity contribution in [1.82, 2.24) is 25.2 Å². The molecule has 0 bridgehead atoms. The largest absolute Gasteiger partial charge is 0.350 e. The Kier molecular flexibility index (Phi) is 4.06. The third kappa shape index (κ3) is 3.48. The maximum Gasteiger partial charge on any atom is 0.273 e. The van der Waals surface area contributed by atoms with Gasteiger partial charge in [-0.3, -0.25) is 9.69 Å². The van der Waals surface area contributed by atoms with Crippen LogP contribution in [0.3, 0.4) is 0 Å². The number of benzene rings is 1. The minimum Gasteiger partial charge on any atom is -0.350 e. The molecule has 0 radical (unpaired) electrons. The van der Waals surface area contributed by atoms with Crippen molar-refractivity contribution in [3.8, 4) is 0 Å². The molecular formula is C18H23N5O. The van der Waals surface area contributed by atoms with E-state index in [1.165, 1.54) is 24.0 Å². The molecule has 4 rings (SSSR count). The number of rotatable bonds is 6. The average Bonchev–Trinajstić information content (AvgIpc) is 3.23. The summed E-state index contributed by atoms with van der Waals surface area (Å²) in [5.41, 5.74) is 3.06. The van der Waals surface area contributed by atoms with Crippen molar-refractivity contribution in [2.75, 3.05) is 19.6 Å². The molecule has 2 aliphatic rings. The summed E-state index contributed by atoms with van der Waals surface area (Å²) in [6.45, 7) is 5.73. The summed E-state index contributed by atoms with van der Waals surface area (Å²) in [5.74, 6) is 0.565. The summed E-state index contributed by atoms with van der Waals surface area (Å²) in [6, 6.07) is 8.93. The number of nitrogens with one attached hydrogen (secondary N) is 1. The predicted octanol–water partition coefficient (Wildman–Crippen LogP) is 1.78. The lowest BCUT2D eigenvalue weighted by molar-refractivity contribution is 0.0894. The van der Waals surface area contributed by atoms with Crippen LogP contribution >= 0.6 is 0 Å². The lowest BCUT2D eigenvalue weighted by Gasteiger charge is -2.38. The van der Waals surface area contributed by atoms with Crippen LogP contribution in [0.15, 0.2) is 30.5 Å². The minimum absolute atomic E-state index is 0.107. The standard InChI is InChI=1S/C18H23N5O/c1-13-3-2-4-15(7-13)9-22-10-16(11-22)23-12-17(20-21-23)18(24)19-8-14-5-6-14/h2-4,7,12,14,16H,5-6,8-11H2,1H3,(H,19,24). The lowest BCUT2D eigenvalue weighted by Crippen LogP contribution is -2.47. The normalized spacial score (nSPS) is 18.4. The van der Waals surface area contributed by atoms with E-state index in [2.05, 4.69) is 51.7 Å². The summed E-state index contributed by atoms with van der Waals surface area (Å²) in [5, 5.41) is 11.1. The number of hydrogen-bond acceptors (Lipinski definition) is 4. The molecule has 1 aromatic carbocycles. The van der Waals surface area contributed by atoms with Crippen LogP contribution in [0, 0.1) is 12.8 Å². The van der Waals surface area contributed by atoms with Gasteiger partial charge >= 0.3 is 0 Å². The zero-order valence-corrected chi connectivity index (χ0v) is 14.0. The van der Waals surface area contributed by atoms with Crippen molar-refractivity contribution in [3.63, 3.8) is 0 Å². The van der Waals surface area contributed by atoms with E-state index in [9.17, 15) is 4.79 Å². The van der Waals surface area contributed by atoms with Crippen molar-refractivity contribution in [3.05, 3.63) is 47.3 Å². The Labute approximate surface area is 141 Å². The maximum absolute atomic E-state index is 12.0. The molecule has 24 heavy (non-hydrogen) atoms. The molecule has 1 aromatic heterocycles. The topological polar surface area (TPSA) is 63.1 Å². The van der Waals surface area contributed by atoms with Crippen LogP contribution in [-0.2, 0) is 6.54 Å². The van der Waals surface area contributed by atoms with Crippen molar-refractivity contribution in [2.24, 2.45) is 5.92 Å². The van der Waals surface area contributed by atoms with E-state index in [1.807, 2.05) is 4.68 Å². The zero-order chi connectivity index (χ0) is 16.5. The van der Waals surface area contributed by atoms with Crippen LogP contribution in [0.2, 0.25) is 0 Å². The van der Waals surface area contributed by atoms with Gasteiger partial charge in [-0.2, -0.15) is 0 Å². The first kappa shape index (κ1) is 15.3. The predicted molar refractivity (Wildman–Crippen MR) is 90.6 cm³/mol. The number of carbonyl (C=O) groups excluding carboxylic acids is 1. The molecule has 0 unspecified atom stereocenters. The SMILES string of the molecule is Cc1cccc(CN2CC(n3cc(C(=O)NCC4CC4)nn3)C2)c1. The molecule has 1 saturated carbocycles. The number of nitrogens with zero attached hydrogens (tertiary/aromatic N) is 4. The van der Waals surface area contributed by atoms with Gasteiger partial charge < -0.3 is 5.32 Å². The molecule has 1 saturated heterocycles. The number of hydrogen-bond donors (Lipinski definition) is 1. The van der Waals surface area contributed by atoms with Gasteiger partial charge in [-0.05, 0) is 31.2 Å². The Balaban J connectivity index is 1.28. The second-order valence-electron chi connectivity index (χ2n) is 7.07. The fourth-order valence-electron chi connectivity index (χ4n) is 3.12. The fourth-order valence-corrected chi connectivity index (χ4v) is 3.12. The Morgan fingerprint density at radius 2 is 2.17 bits per heavy atom. The van der Waals surface area contributed by atoms with E-state index >= 15 is 0 Å². The highest BCUT2D eigenvalue weighted by atomic mass is 16.2. The van der Waals surface area contributed by atoms with Crippen molar-refractivity contribution in [2.45, 2.75) is 32.4 Å². The van der Waals surface area contributed by atoms with E-state index in [-0.39, 0.29) is 5.91 Å². The van der Waals surface area contributed by atoms with Gasteiger partial charge in [0, 0.05) is 26.2 Å². The van der Waals surface area contributed by atoms with E-state index in [0.29, 0.717) is 17.7 Å². The van der Waals surface area contributed by atoms with Crippen molar-refractivity contribution in [1.29, 1.82) is 0 Å². The van der Waals surface area contributed by atoms with E-state index in [4.69, 9.17) is 0 Å². The van der Waals surface area contributed by atoms with Crippen molar-refractivity contribution >= 4 is 5.91 Å². The molecule has 1 amide bonds. The van der Waals surface area contributed by atoms with Crippen LogP contribution in [0.4, 0.5) is 0 Å². The minimum atomic E-state index is -0.107. The third-order valence-electron chi connectivity index (χ3n) is 4.79. The highest BCUT2D eigenvalue weighted by molar-refractivity contribution is 5.91. The number of amides is 1. The first-order valence-corrected chi connectivity index (χ1v) is 8.65. The summed E-state index contributed by atoms with van der Waals surface area (Å²) in [7, 11) is 0. The third-order valence-corrected chi connectivity index (χ3v) is 4.79. The maximum atomic E-state index is 12.0. The van der Waals surface area contributed by atoms with Crippen LogP contribution in [0.25, 0.3) is 0 Å². The Morgan fingerprint density at radius 1 is 1.33 bits per heavy atom. The smallest absolute Gasteiger partial charge is 0.273 e. The average molecular weight is 325 g/mol. The molecule has 1 aliphatic heterocycles. The van der Waals surface area contributed by atoms with Crippen molar-refractivity contribution < 1.29 is 4.79 Å². The molecule has 126 valence electrons. The molecule has 0 spiro atoms. The number of carbonyl (C=O) groups is 1. The molecule has 2 fully saturated rings. The van der Waals surface area contributed by atoms with E-state index < -0.39 is 0 Å². The first-order valence-electron chi connectivity index (χ1n) is 8.65. The molecule has 1 N–H and O–H groups in total. The second-order valence-corrected chi connectivity index (χ2v) is 7.07. The van der Waals surface area contributed by atoms with Gasteiger partial charge in [-0.1, -0.05) is 35.0 Å². The van der Waals surface area contributed by atoms with E-state index in [1.54, 1.807) is 6.20 Å². The molecular weight excluding hydrogens is 302 g/mol. The van der Waals surface area contributed by atoms with Gasteiger partial charge in [0.25, 0.3) is 5.91 Å². The first-order chi connectivity index (χ1) is 11.7. The van der Waals surface area contributed by atoms with Crippen LogP contribution in [0.1, 0.15) is 40.5 Å². The number of aromatic nitrogens is 3. The van der Waals surface area contributed by atoms with Crippen LogP contribution in [-0.4, -0.2) is 45.4 Å². The fraction of sp³-hybridized carbons (Fsp3) is 0.500. The van der Waals surface area contributed by atoms with Gasteiger partial charge in [0.2, 0.25) is 0 Å². The van der Waals surface area contributed by atoms with Crippen LogP contribution in [0.5, 0.6) is 0 Å². The molecule has 6 heteroatoms. The molecule has 6 nitrogen and oxygen atoms in total. The lowest BCUT2D eigenvalue weighted by atomic mass is 10.1. The van der Waals surface area contributed by atoms with Gasteiger partial charge in [-0.15, -0.1) is 5.10 Å². The second kappa shape index (κ2) is 6.36. The molecule has 2 heterocycles. The summed E-state index contributed by atoms with van der Waals surface area (Å²) >= 11 is 0. The summed E-state index contributed by atoms with van der Waals surface area (Å²) in [6.07, 6.45) is 4.23. The Hall–Kier alpha value is -2.21. The summed E-state index contributed by atoms with van der Waals surface area (Å²) < 4.78 is 1.83.